The van der Waals surface area contributed by atoms with Crippen molar-refractivity contribution in [2.45, 2.75) is 46.1 Å². The van der Waals surface area contributed by atoms with Crippen molar-refractivity contribution >= 4 is 11.7 Å². The van der Waals surface area contributed by atoms with E-state index in [1.165, 1.54) is 6.42 Å². The van der Waals surface area contributed by atoms with Crippen molar-refractivity contribution in [1.29, 1.82) is 0 Å². The van der Waals surface area contributed by atoms with Gasteiger partial charge in [-0.2, -0.15) is 0 Å². The van der Waals surface area contributed by atoms with Crippen LogP contribution in [0.4, 0.5) is 5.82 Å². The number of hydrogen-bond acceptors (Lipinski definition) is 3. The van der Waals surface area contributed by atoms with E-state index in [1.54, 1.807) is 6.07 Å². The summed E-state index contributed by atoms with van der Waals surface area (Å²) < 4.78 is 0. The van der Waals surface area contributed by atoms with Gasteiger partial charge in [0, 0.05) is 23.8 Å². The summed E-state index contributed by atoms with van der Waals surface area (Å²) in [5, 5.41) is 0. The van der Waals surface area contributed by atoms with Crippen LogP contribution in [0.5, 0.6) is 0 Å². The number of aromatic nitrogens is 1. The molecule has 19 heavy (non-hydrogen) atoms. The lowest BCUT2D eigenvalue weighted by Gasteiger charge is -2.38. The van der Waals surface area contributed by atoms with Crippen molar-refractivity contribution < 1.29 is 4.79 Å². The number of amides is 1. The molecule has 1 aromatic heterocycles. The van der Waals surface area contributed by atoms with Gasteiger partial charge in [-0.25, -0.2) is 4.98 Å². The molecule has 0 aromatic carbocycles. The average molecular weight is 261 g/mol. The fraction of sp³-hybridized carbons (Fsp3) is 0.600. The molecule has 2 atom stereocenters. The molecular weight excluding hydrogens is 238 g/mol. The lowest BCUT2D eigenvalue weighted by atomic mass is 9.91. The molecule has 0 spiro atoms. The number of pyridine rings is 1. The van der Waals surface area contributed by atoms with Gasteiger partial charge in [0.2, 0.25) is 0 Å². The number of nitrogen functional groups attached to an aromatic ring is 1. The van der Waals surface area contributed by atoms with Gasteiger partial charge in [-0.3, -0.25) is 4.79 Å². The number of carbonyl (C=O) groups excluding carboxylic acids is 1. The third-order valence-electron chi connectivity index (χ3n) is 4.14. The standard InChI is InChI=1S/C15H23N3O/c1-4-13-8-12(9-14(16)17-13)15(19)18-7-5-6-10(2)11(18)3/h8-11H,4-7H2,1-3H3,(H2,16,17). The number of anilines is 1. The molecule has 1 aromatic rings. The number of likely N-dealkylation sites (tertiary alicyclic amines) is 1. The van der Waals surface area contributed by atoms with Crippen LogP contribution in [0.15, 0.2) is 12.1 Å². The number of hydrogen-bond donors (Lipinski definition) is 1. The second-order valence-electron chi connectivity index (χ2n) is 5.48. The molecule has 1 aliphatic heterocycles. The number of aryl methyl sites for hydroxylation is 1. The van der Waals surface area contributed by atoms with E-state index in [-0.39, 0.29) is 5.91 Å². The quantitative estimate of drug-likeness (QED) is 0.889. The van der Waals surface area contributed by atoms with Gasteiger partial charge in [0.05, 0.1) is 0 Å². The average Bonchev–Trinajstić information content (AvgIpc) is 2.40. The van der Waals surface area contributed by atoms with Gasteiger partial charge in [0.1, 0.15) is 5.82 Å². The first-order valence-electron chi connectivity index (χ1n) is 7.10. The Bertz CT molecular complexity index is 472. The van der Waals surface area contributed by atoms with Gasteiger partial charge in [0.15, 0.2) is 0 Å². The summed E-state index contributed by atoms with van der Waals surface area (Å²) in [4.78, 5) is 18.8. The summed E-state index contributed by atoms with van der Waals surface area (Å²) in [6.07, 6.45) is 3.07. The second-order valence-corrected chi connectivity index (χ2v) is 5.48. The van der Waals surface area contributed by atoms with Crippen molar-refractivity contribution in [3.05, 3.63) is 23.4 Å². The molecule has 0 aliphatic carbocycles. The zero-order valence-electron chi connectivity index (χ0n) is 12.0. The molecule has 0 bridgehead atoms. The van der Waals surface area contributed by atoms with Crippen molar-refractivity contribution in [3.63, 3.8) is 0 Å². The van der Waals surface area contributed by atoms with Crippen molar-refractivity contribution in [3.8, 4) is 0 Å². The summed E-state index contributed by atoms with van der Waals surface area (Å²) in [5.74, 6) is 1.07. The maximum Gasteiger partial charge on any atom is 0.254 e. The summed E-state index contributed by atoms with van der Waals surface area (Å²) in [5.41, 5.74) is 7.33. The summed E-state index contributed by atoms with van der Waals surface area (Å²) in [6, 6.07) is 3.85. The van der Waals surface area contributed by atoms with Crippen molar-refractivity contribution in [2.75, 3.05) is 12.3 Å². The molecule has 1 fully saturated rings. The third kappa shape index (κ3) is 2.88. The van der Waals surface area contributed by atoms with E-state index >= 15 is 0 Å². The smallest absolute Gasteiger partial charge is 0.254 e. The Morgan fingerprint density at radius 1 is 1.47 bits per heavy atom. The summed E-state index contributed by atoms with van der Waals surface area (Å²) in [6.45, 7) is 7.20. The van der Waals surface area contributed by atoms with Gasteiger partial charge in [-0.1, -0.05) is 13.8 Å². The zero-order chi connectivity index (χ0) is 14.0. The van der Waals surface area contributed by atoms with Crippen LogP contribution in [0.25, 0.3) is 0 Å². The van der Waals surface area contributed by atoms with Crippen LogP contribution in [0.2, 0.25) is 0 Å². The fourth-order valence-corrected chi connectivity index (χ4v) is 2.70. The molecule has 4 nitrogen and oxygen atoms in total. The Labute approximate surface area is 115 Å². The van der Waals surface area contributed by atoms with Gasteiger partial charge in [-0.15, -0.1) is 0 Å². The SMILES string of the molecule is CCc1cc(C(=O)N2CCCC(C)C2C)cc(N)n1. The predicted octanol–water partition coefficient (Wildman–Crippen LogP) is 2.49. The molecule has 1 aliphatic rings. The molecule has 2 rings (SSSR count). The Hall–Kier alpha value is -1.58. The van der Waals surface area contributed by atoms with Crippen LogP contribution in [-0.4, -0.2) is 28.4 Å². The Morgan fingerprint density at radius 3 is 2.89 bits per heavy atom. The lowest BCUT2D eigenvalue weighted by molar-refractivity contribution is 0.0551. The maximum atomic E-state index is 12.6. The fourth-order valence-electron chi connectivity index (χ4n) is 2.70. The minimum absolute atomic E-state index is 0.0860. The predicted molar refractivity (Wildman–Crippen MR) is 76.9 cm³/mol. The normalized spacial score (nSPS) is 23.4. The van der Waals surface area contributed by atoms with Crippen LogP contribution < -0.4 is 5.73 Å². The molecule has 2 heterocycles. The van der Waals surface area contributed by atoms with Crippen LogP contribution in [0.1, 0.15) is 49.7 Å². The number of nitrogens with zero attached hydrogens (tertiary/aromatic N) is 2. The van der Waals surface area contributed by atoms with Gasteiger partial charge >= 0.3 is 0 Å². The molecule has 1 saturated heterocycles. The molecule has 104 valence electrons. The van der Waals surface area contributed by atoms with Crippen LogP contribution >= 0.6 is 0 Å². The lowest BCUT2D eigenvalue weighted by Crippen LogP contribution is -2.46. The van der Waals surface area contributed by atoms with E-state index in [9.17, 15) is 4.79 Å². The van der Waals surface area contributed by atoms with Crippen LogP contribution in [0, 0.1) is 5.92 Å². The highest BCUT2D eigenvalue weighted by atomic mass is 16.2. The van der Waals surface area contributed by atoms with Crippen molar-refractivity contribution in [2.24, 2.45) is 5.92 Å². The van der Waals surface area contributed by atoms with Crippen LogP contribution in [0.3, 0.4) is 0 Å². The van der Waals surface area contributed by atoms with E-state index in [0.717, 1.165) is 25.1 Å². The number of nitrogens with two attached hydrogens (primary N) is 1. The minimum Gasteiger partial charge on any atom is -0.384 e. The minimum atomic E-state index is 0.0860. The largest absolute Gasteiger partial charge is 0.384 e. The molecule has 1 amide bonds. The van der Waals surface area contributed by atoms with E-state index in [1.807, 2.05) is 17.9 Å². The zero-order valence-corrected chi connectivity index (χ0v) is 12.0. The summed E-state index contributed by atoms with van der Waals surface area (Å²) >= 11 is 0. The molecule has 0 saturated carbocycles. The first kappa shape index (κ1) is 13.8. The molecule has 0 radical (unpaired) electrons. The Morgan fingerprint density at radius 2 is 2.21 bits per heavy atom. The Kier molecular flexibility index (Phi) is 4.08. The van der Waals surface area contributed by atoms with E-state index in [2.05, 4.69) is 18.8 Å². The van der Waals surface area contributed by atoms with Crippen molar-refractivity contribution in [1.82, 2.24) is 9.88 Å². The highest BCUT2D eigenvalue weighted by Gasteiger charge is 2.29. The topological polar surface area (TPSA) is 59.2 Å². The number of carbonyl (C=O) groups is 1. The number of piperidine rings is 1. The van der Waals surface area contributed by atoms with E-state index in [4.69, 9.17) is 5.73 Å². The number of rotatable bonds is 2. The molecule has 2 unspecified atom stereocenters. The third-order valence-corrected chi connectivity index (χ3v) is 4.14. The van der Waals surface area contributed by atoms with Crippen LogP contribution in [-0.2, 0) is 6.42 Å². The molecule has 4 heteroatoms. The van der Waals surface area contributed by atoms with Gasteiger partial charge in [-0.05, 0) is 44.2 Å². The molecule has 2 N–H and O–H groups in total. The highest BCUT2D eigenvalue weighted by molar-refractivity contribution is 5.95. The first-order chi connectivity index (χ1) is 9.02. The molecular formula is C15H23N3O. The van der Waals surface area contributed by atoms with E-state index in [0.29, 0.717) is 23.3 Å². The first-order valence-corrected chi connectivity index (χ1v) is 7.10. The van der Waals surface area contributed by atoms with Gasteiger partial charge < -0.3 is 10.6 Å². The monoisotopic (exact) mass is 261 g/mol. The summed E-state index contributed by atoms with van der Waals surface area (Å²) in [7, 11) is 0. The Balaban J connectivity index is 2.25. The van der Waals surface area contributed by atoms with E-state index < -0.39 is 0 Å². The second kappa shape index (κ2) is 5.59. The van der Waals surface area contributed by atoms with Gasteiger partial charge in [0.25, 0.3) is 5.91 Å². The highest BCUT2D eigenvalue weighted by Crippen LogP contribution is 2.25. The maximum absolute atomic E-state index is 12.6.